The lowest BCUT2D eigenvalue weighted by Gasteiger charge is -2.37. The van der Waals surface area contributed by atoms with Gasteiger partial charge in [0.1, 0.15) is 5.01 Å². The van der Waals surface area contributed by atoms with Gasteiger partial charge in [0, 0.05) is 32.7 Å². The third-order valence-corrected chi connectivity index (χ3v) is 5.76. The minimum Gasteiger partial charge on any atom is -0.354 e. The average molecular weight is 357 g/mol. The van der Waals surface area contributed by atoms with E-state index in [1.165, 1.54) is 4.70 Å². The van der Waals surface area contributed by atoms with Crippen LogP contribution in [0.15, 0.2) is 24.3 Å². The molecule has 1 fully saturated rings. The number of nitrogens with one attached hydrogen (secondary N) is 1. The molecule has 7 heteroatoms. The van der Waals surface area contributed by atoms with E-state index in [1.54, 1.807) is 11.3 Å². The van der Waals surface area contributed by atoms with Gasteiger partial charge in [0.15, 0.2) is 0 Å². The second kappa shape index (κ2) is 8.39. The van der Waals surface area contributed by atoms with Gasteiger partial charge in [-0.2, -0.15) is 5.26 Å². The zero-order valence-corrected chi connectivity index (χ0v) is 15.3. The highest BCUT2D eigenvalue weighted by atomic mass is 32.1. The molecule has 3 rings (SSSR count). The number of fused-ring (bicyclic) bond motifs is 1. The standard InChI is InChI=1S/C18H23N5OS/c1-14(18-21-15-5-2-3-6-16(15)25-18)23-11-9-22(10-12-23)13-17(24)20-8-4-7-19/h2-3,5-6,14H,4,8-13H2,1H3,(H,20,24)/t14-/m1/s1. The zero-order valence-electron chi connectivity index (χ0n) is 14.4. The van der Waals surface area contributed by atoms with E-state index in [4.69, 9.17) is 10.2 Å². The van der Waals surface area contributed by atoms with Gasteiger partial charge in [0.2, 0.25) is 5.91 Å². The van der Waals surface area contributed by atoms with Gasteiger partial charge in [-0.1, -0.05) is 12.1 Å². The maximum absolute atomic E-state index is 11.8. The Hall–Kier alpha value is -2.01. The molecule has 132 valence electrons. The molecule has 0 unspecified atom stereocenters. The van der Waals surface area contributed by atoms with Crippen LogP contribution < -0.4 is 5.32 Å². The van der Waals surface area contributed by atoms with Gasteiger partial charge in [-0.05, 0) is 19.1 Å². The summed E-state index contributed by atoms with van der Waals surface area (Å²) < 4.78 is 1.23. The van der Waals surface area contributed by atoms with Crippen LogP contribution in [0.3, 0.4) is 0 Å². The lowest BCUT2D eigenvalue weighted by molar-refractivity contribution is -0.122. The molecule has 0 spiro atoms. The number of carbonyl (C=O) groups excluding carboxylic acids is 1. The first-order chi connectivity index (χ1) is 12.2. The minimum absolute atomic E-state index is 0.00271. The van der Waals surface area contributed by atoms with Gasteiger partial charge in [0.25, 0.3) is 0 Å². The number of carbonyl (C=O) groups is 1. The molecule has 1 aromatic carbocycles. The summed E-state index contributed by atoms with van der Waals surface area (Å²) in [6.45, 7) is 6.67. The van der Waals surface area contributed by atoms with Crippen molar-refractivity contribution in [3.05, 3.63) is 29.3 Å². The van der Waals surface area contributed by atoms with Crippen LogP contribution in [0.2, 0.25) is 0 Å². The van der Waals surface area contributed by atoms with Gasteiger partial charge >= 0.3 is 0 Å². The highest BCUT2D eigenvalue weighted by molar-refractivity contribution is 7.18. The van der Waals surface area contributed by atoms with Crippen molar-refractivity contribution in [3.63, 3.8) is 0 Å². The number of piperazine rings is 1. The molecule has 1 saturated heterocycles. The average Bonchev–Trinajstić information content (AvgIpc) is 3.06. The van der Waals surface area contributed by atoms with E-state index in [1.807, 2.05) is 12.1 Å². The summed E-state index contributed by atoms with van der Waals surface area (Å²) in [7, 11) is 0. The van der Waals surface area contributed by atoms with Crippen LogP contribution in [0, 0.1) is 11.3 Å². The first-order valence-corrected chi connectivity index (χ1v) is 9.44. The molecule has 1 aromatic heterocycles. The Morgan fingerprint density at radius 1 is 1.36 bits per heavy atom. The molecule has 1 atom stereocenters. The van der Waals surface area contributed by atoms with Crippen molar-refractivity contribution < 1.29 is 4.79 Å². The molecule has 0 bridgehead atoms. The third kappa shape index (κ3) is 4.54. The SMILES string of the molecule is C[C@H](c1nc2ccccc2s1)N1CCN(CC(=O)NCCC#N)CC1. The summed E-state index contributed by atoms with van der Waals surface area (Å²) in [5, 5.41) is 12.4. The summed E-state index contributed by atoms with van der Waals surface area (Å²) in [5.74, 6) is 0.00271. The third-order valence-electron chi connectivity index (χ3n) is 4.55. The Balaban J connectivity index is 1.50. The Labute approximate surface area is 152 Å². The Bertz CT molecular complexity index is 727. The molecule has 6 nitrogen and oxygen atoms in total. The maximum Gasteiger partial charge on any atom is 0.234 e. The number of benzene rings is 1. The predicted molar refractivity (Wildman–Crippen MR) is 99.3 cm³/mol. The molecule has 1 amide bonds. The first-order valence-electron chi connectivity index (χ1n) is 8.63. The number of hydrogen-bond acceptors (Lipinski definition) is 6. The maximum atomic E-state index is 11.8. The van der Waals surface area contributed by atoms with Gasteiger partial charge in [-0.3, -0.25) is 14.6 Å². The topological polar surface area (TPSA) is 72.3 Å². The van der Waals surface area contributed by atoms with Crippen molar-refractivity contribution >= 4 is 27.5 Å². The van der Waals surface area contributed by atoms with E-state index in [2.05, 4.69) is 40.2 Å². The van der Waals surface area contributed by atoms with Crippen LogP contribution in [0.5, 0.6) is 0 Å². The molecule has 1 N–H and O–H groups in total. The number of nitrogens with zero attached hydrogens (tertiary/aromatic N) is 4. The van der Waals surface area contributed by atoms with Crippen molar-refractivity contribution in [1.29, 1.82) is 5.26 Å². The number of nitriles is 1. The van der Waals surface area contributed by atoms with Gasteiger partial charge in [-0.15, -0.1) is 11.3 Å². The van der Waals surface area contributed by atoms with Gasteiger partial charge in [-0.25, -0.2) is 4.98 Å². The molecule has 0 aliphatic carbocycles. The molecule has 25 heavy (non-hydrogen) atoms. The monoisotopic (exact) mass is 357 g/mol. The fourth-order valence-corrected chi connectivity index (χ4v) is 4.10. The second-order valence-electron chi connectivity index (χ2n) is 6.27. The van der Waals surface area contributed by atoms with Crippen LogP contribution in [0.4, 0.5) is 0 Å². The molecule has 2 aromatic rings. The second-order valence-corrected chi connectivity index (χ2v) is 7.33. The highest BCUT2D eigenvalue weighted by Gasteiger charge is 2.24. The molecule has 1 aliphatic heterocycles. The molecular formula is C18H23N5OS. The molecule has 0 saturated carbocycles. The number of para-hydroxylation sites is 1. The smallest absolute Gasteiger partial charge is 0.234 e. The van der Waals surface area contributed by atoms with Crippen molar-refractivity contribution in [2.45, 2.75) is 19.4 Å². The fourth-order valence-electron chi connectivity index (χ4n) is 3.05. The van der Waals surface area contributed by atoms with Crippen LogP contribution >= 0.6 is 11.3 Å². The Kier molecular flexibility index (Phi) is 5.97. The number of rotatable bonds is 6. The van der Waals surface area contributed by atoms with Crippen LogP contribution in [-0.4, -0.2) is 60.0 Å². The van der Waals surface area contributed by atoms with Gasteiger partial charge in [0.05, 0.1) is 35.3 Å². The lowest BCUT2D eigenvalue weighted by Crippen LogP contribution is -2.50. The van der Waals surface area contributed by atoms with E-state index >= 15 is 0 Å². The fraction of sp³-hybridized carbons (Fsp3) is 0.500. The number of amides is 1. The van der Waals surface area contributed by atoms with Crippen LogP contribution in [0.1, 0.15) is 24.4 Å². The summed E-state index contributed by atoms with van der Waals surface area (Å²) >= 11 is 1.76. The van der Waals surface area contributed by atoms with Crippen LogP contribution in [0.25, 0.3) is 10.2 Å². The Morgan fingerprint density at radius 3 is 2.84 bits per heavy atom. The normalized spacial score (nSPS) is 17.3. The Morgan fingerprint density at radius 2 is 2.12 bits per heavy atom. The van der Waals surface area contributed by atoms with Crippen molar-refractivity contribution in [1.82, 2.24) is 20.1 Å². The zero-order chi connectivity index (χ0) is 17.6. The summed E-state index contributed by atoms with van der Waals surface area (Å²) in [4.78, 5) is 21.2. The molecular weight excluding hydrogens is 334 g/mol. The highest BCUT2D eigenvalue weighted by Crippen LogP contribution is 2.29. The number of aromatic nitrogens is 1. The molecule has 1 aliphatic rings. The van der Waals surface area contributed by atoms with E-state index in [0.717, 1.165) is 36.7 Å². The number of hydrogen-bond donors (Lipinski definition) is 1. The summed E-state index contributed by atoms with van der Waals surface area (Å²) in [6.07, 6.45) is 0.360. The summed E-state index contributed by atoms with van der Waals surface area (Å²) in [5.41, 5.74) is 1.07. The van der Waals surface area contributed by atoms with Crippen molar-refractivity contribution in [3.8, 4) is 6.07 Å². The largest absolute Gasteiger partial charge is 0.354 e. The van der Waals surface area contributed by atoms with E-state index in [-0.39, 0.29) is 5.91 Å². The van der Waals surface area contributed by atoms with E-state index < -0.39 is 0 Å². The summed E-state index contributed by atoms with van der Waals surface area (Å²) in [6, 6.07) is 10.6. The molecule has 0 radical (unpaired) electrons. The van der Waals surface area contributed by atoms with E-state index in [0.29, 0.717) is 25.6 Å². The van der Waals surface area contributed by atoms with Crippen molar-refractivity contribution in [2.24, 2.45) is 0 Å². The predicted octanol–water partition coefficient (Wildman–Crippen LogP) is 2.00. The van der Waals surface area contributed by atoms with Crippen LogP contribution in [-0.2, 0) is 4.79 Å². The first kappa shape index (κ1) is 17.8. The van der Waals surface area contributed by atoms with E-state index in [9.17, 15) is 4.79 Å². The molecule has 2 heterocycles. The van der Waals surface area contributed by atoms with Gasteiger partial charge < -0.3 is 5.32 Å². The number of thiazole rings is 1. The lowest BCUT2D eigenvalue weighted by atomic mass is 10.2. The quantitative estimate of drug-likeness (QED) is 0.801. The van der Waals surface area contributed by atoms with Crippen molar-refractivity contribution in [2.75, 3.05) is 39.3 Å². The minimum atomic E-state index is 0.00271.